The van der Waals surface area contributed by atoms with Gasteiger partial charge in [-0.2, -0.15) is 0 Å². The van der Waals surface area contributed by atoms with Crippen molar-refractivity contribution in [3.05, 3.63) is 83.4 Å². The molecule has 108 valence electrons. The summed E-state index contributed by atoms with van der Waals surface area (Å²) in [6.45, 7) is 0. The highest BCUT2D eigenvalue weighted by atomic mass is 35.5. The number of rotatable bonds is 3. The van der Waals surface area contributed by atoms with Crippen molar-refractivity contribution < 1.29 is 9.53 Å². The third-order valence-electron chi connectivity index (χ3n) is 3.27. The van der Waals surface area contributed by atoms with Crippen molar-refractivity contribution in [1.29, 1.82) is 0 Å². The van der Waals surface area contributed by atoms with Crippen molar-refractivity contribution in [3.63, 3.8) is 0 Å². The molecule has 0 amide bonds. The number of para-hydroxylation sites is 1. The number of fused-ring (bicyclic) bond motifs is 1. The zero-order chi connectivity index (χ0) is 15.4. The summed E-state index contributed by atoms with van der Waals surface area (Å²) >= 11 is 5.96. The Bertz CT molecular complexity index is 847. The normalized spacial score (nSPS) is 11.0. The summed E-state index contributed by atoms with van der Waals surface area (Å²) in [6, 6.07) is 20.9. The molecule has 0 aromatic heterocycles. The van der Waals surface area contributed by atoms with E-state index in [-0.39, 0.29) is 0 Å². The molecule has 2 nitrogen and oxygen atoms in total. The zero-order valence-corrected chi connectivity index (χ0v) is 12.5. The molecule has 0 saturated heterocycles. The third-order valence-corrected chi connectivity index (χ3v) is 3.58. The third kappa shape index (κ3) is 3.18. The summed E-state index contributed by atoms with van der Waals surface area (Å²) in [5.74, 6) is -0.0993. The number of benzene rings is 3. The molecule has 0 heterocycles. The second-order valence-corrected chi connectivity index (χ2v) is 5.16. The predicted octanol–water partition coefficient (Wildman–Crippen LogP) is 5.11. The van der Waals surface area contributed by atoms with Gasteiger partial charge in [-0.15, -0.1) is 0 Å². The molecule has 22 heavy (non-hydrogen) atoms. The maximum absolute atomic E-state index is 11.9. The molecule has 0 radical (unpaired) electrons. The number of halogens is 1. The Morgan fingerprint density at radius 2 is 1.64 bits per heavy atom. The van der Waals surface area contributed by atoms with E-state index >= 15 is 0 Å². The molecule has 3 heteroatoms. The fraction of sp³-hybridized carbons (Fsp3) is 0. The van der Waals surface area contributed by atoms with E-state index in [0.29, 0.717) is 10.8 Å². The van der Waals surface area contributed by atoms with Crippen molar-refractivity contribution >= 4 is 34.4 Å². The average Bonchev–Trinajstić information content (AvgIpc) is 2.55. The lowest BCUT2D eigenvalue weighted by molar-refractivity contribution is -0.128. The van der Waals surface area contributed by atoms with E-state index in [1.165, 1.54) is 6.08 Å². The van der Waals surface area contributed by atoms with Gasteiger partial charge in [0.05, 0.1) is 5.02 Å². The lowest BCUT2D eigenvalue weighted by atomic mass is 10.0. The molecule has 0 N–H and O–H groups in total. The van der Waals surface area contributed by atoms with Crippen molar-refractivity contribution in [3.8, 4) is 5.75 Å². The molecule has 0 saturated carbocycles. The SMILES string of the molecule is O=C(/C=C/c1cccc2ccccc12)Oc1ccccc1Cl. The number of esters is 1. The van der Waals surface area contributed by atoms with Crippen LogP contribution < -0.4 is 4.74 Å². The minimum atomic E-state index is -0.457. The Labute approximate surface area is 133 Å². The Balaban J connectivity index is 1.81. The summed E-state index contributed by atoms with van der Waals surface area (Å²) < 4.78 is 5.22. The Morgan fingerprint density at radius 1 is 0.909 bits per heavy atom. The van der Waals surface area contributed by atoms with Crippen molar-refractivity contribution in [2.45, 2.75) is 0 Å². The second kappa shape index (κ2) is 6.46. The van der Waals surface area contributed by atoms with Crippen LogP contribution in [0.3, 0.4) is 0 Å². The lowest BCUT2D eigenvalue weighted by Crippen LogP contribution is -2.03. The number of carbonyl (C=O) groups is 1. The van der Waals surface area contributed by atoms with Crippen molar-refractivity contribution in [1.82, 2.24) is 0 Å². The topological polar surface area (TPSA) is 26.3 Å². The maximum Gasteiger partial charge on any atom is 0.336 e. The van der Waals surface area contributed by atoms with Crippen LogP contribution in [-0.2, 0) is 4.79 Å². The summed E-state index contributed by atoms with van der Waals surface area (Å²) in [6.07, 6.45) is 3.16. The van der Waals surface area contributed by atoms with Gasteiger partial charge in [-0.1, -0.05) is 66.2 Å². The van der Waals surface area contributed by atoms with E-state index in [1.807, 2.05) is 42.5 Å². The first kappa shape index (κ1) is 14.4. The van der Waals surface area contributed by atoms with E-state index in [1.54, 1.807) is 30.3 Å². The number of carbonyl (C=O) groups excluding carboxylic acids is 1. The van der Waals surface area contributed by atoms with E-state index in [0.717, 1.165) is 16.3 Å². The Kier molecular flexibility index (Phi) is 4.22. The van der Waals surface area contributed by atoms with Crippen LogP contribution in [0.15, 0.2) is 72.8 Å². The van der Waals surface area contributed by atoms with Crippen LogP contribution in [0.4, 0.5) is 0 Å². The fourth-order valence-electron chi connectivity index (χ4n) is 2.22. The van der Waals surface area contributed by atoms with Gasteiger partial charge in [0, 0.05) is 6.08 Å². The highest BCUT2D eigenvalue weighted by molar-refractivity contribution is 6.32. The monoisotopic (exact) mass is 308 g/mol. The summed E-state index contributed by atoms with van der Waals surface area (Å²) in [5, 5.41) is 2.63. The van der Waals surface area contributed by atoms with Gasteiger partial charge in [-0.05, 0) is 34.5 Å². The molecule has 0 bridgehead atoms. The molecule has 0 spiro atoms. The first-order valence-corrected chi connectivity index (χ1v) is 7.24. The number of hydrogen-bond acceptors (Lipinski definition) is 2. The van der Waals surface area contributed by atoms with Gasteiger partial charge < -0.3 is 4.74 Å². The molecular weight excluding hydrogens is 296 g/mol. The fourth-order valence-corrected chi connectivity index (χ4v) is 2.40. The first-order valence-electron chi connectivity index (χ1n) is 6.86. The van der Waals surface area contributed by atoms with Crippen LogP contribution in [-0.4, -0.2) is 5.97 Å². The van der Waals surface area contributed by atoms with E-state index in [9.17, 15) is 4.79 Å². The molecule has 0 aliphatic carbocycles. The summed E-state index contributed by atoms with van der Waals surface area (Å²) in [5.41, 5.74) is 0.967. The Hall–Kier alpha value is -2.58. The van der Waals surface area contributed by atoms with Gasteiger partial charge in [0.1, 0.15) is 5.75 Å². The largest absolute Gasteiger partial charge is 0.422 e. The minimum Gasteiger partial charge on any atom is -0.422 e. The highest BCUT2D eigenvalue weighted by Gasteiger charge is 2.04. The molecule has 3 aromatic rings. The molecule has 0 unspecified atom stereocenters. The lowest BCUT2D eigenvalue weighted by Gasteiger charge is -2.03. The van der Waals surface area contributed by atoms with Crippen LogP contribution in [0.1, 0.15) is 5.56 Å². The average molecular weight is 309 g/mol. The maximum atomic E-state index is 11.9. The highest BCUT2D eigenvalue weighted by Crippen LogP contribution is 2.24. The van der Waals surface area contributed by atoms with E-state index in [2.05, 4.69) is 0 Å². The standard InChI is InChI=1S/C19H13ClO2/c20-17-10-3-4-11-18(17)22-19(21)13-12-15-8-5-7-14-6-1-2-9-16(14)15/h1-13H/b13-12+. The zero-order valence-electron chi connectivity index (χ0n) is 11.7. The van der Waals surface area contributed by atoms with Crippen LogP contribution in [0.5, 0.6) is 5.75 Å². The molecule has 3 rings (SSSR count). The Morgan fingerprint density at radius 3 is 2.50 bits per heavy atom. The smallest absolute Gasteiger partial charge is 0.336 e. The van der Waals surface area contributed by atoms with Crippen LogP contribution >= 0.6 is 11.6 Å². The van der Waals surface area contributed by atoms with Gasteiger partial charge >= 0.3 is 5.97 Å². The van der Waals surface area contributed by atoms with Crippen molar-refractivity contribution in [2.75, 3.05) is 0 Å². The first-order chi connectivity index (χ1) is 10.7. The molecule has 3 aromatic carbocycles. The molecule has 0 atom stereocenters. The molecule has 0 aliphatic rings. The van der Waals surface area contributed by atoms with Crippen LogP contribution in [0, 0.1) is 0 Å². The minimum absolute atomic E-state index is 0.358. The number of ether oxygens (including phenoxy) is 1. The predicted molar refractivity (Wildman–Crippen MR) is 90.1 cm³/mol. The molecule has 0 aliphatic heterocycles. The summed E-state index contributed by atoms with van der Waals surface area (Å²) in [4.78, 5) is 11.9. The van der Waals surface area contributed by atoms with Gasteiger partial charge in [0.15, 0.2) is 0 Å². The summed E-state index contributed by atoms with van der Waals surface area (Å²) in [7, 11) is 0. The van der Waals surface area contributed by atoms with E-state index < -0.39 is 5.97 Å². The van der Waals surface area contributed by atoms with Crippen LogP contribution in [0.2, 0.25) is 5.02 Å². The van der Waals surface area contributed by atoms with Crippen LogP contribution in [0.25, 0.3) is 16.8 Å². The van der Waals surface area contributed by atoms with Crippen molar-refractivity contribution in [2.24, 2.45) is 0 Å². The molecular formula is C19H13ClO2. The van der Waals surface area contributed by atoms with Gasteiger partial charge in [0.25, 0.3) is 0 Å². The molecule has 0 fully saturated rings. The van der Waals surface area contributed by atoms with Gasteiger partial charge in [-0.25, -0.2) is 4.79 Å². The van der Waals surface area contributed by atoms with Gasteiger partial charge in [0.2, 0.25) is 0 Å². The van der Waals surface area contributed by atoms with E-state index in [4.69, 9.17) is 16.3 Å². The van der Waals surface area contributed by atoms with Gasteiger partial charge in [-0.3, -0.25) is 0 Å². The second-order valence-electron chi connectivity index (χ2n) is 4.75. The number of hydrogen-bond donors (Lipinski definition) is 0. The quantitative estimate of drug-likeness (QED) is 0.382.